The minimum atomic E-state index is 0.0635. The first-order chi connectivity index (χ1) is 6.77. The van der Waals surface area contributed by atoms with Crippen LogP contribution >= 0.6 is 0 Å². The Labute approximate surface area is 82.3 Å². The number of benzene rings is 1. The number of hydrogen-bond acceptors (Lipinski definition) is 1. The third-order valence-corrected chi connectivity index (χ3v) is 2.12. The summed E-state index contributed by atoms with van der Waals surface area (Å²) >= 11 is 0. The lowest BCUT2D eigenvalue weighted by Gasteiger charge is -1.95. The summed E-state index contributed by atoms with van der Waals surface area (Å²) in [4.78, 5) is 13.9. The molecule has 14 heavy (non-hydrogen) atoms. The Hall–Kier alpha value is -1.83. The van der Waals surface area contributed by atoms with Gasteiger partial charge < -0.3 is 4.98 Å². The third-order valence-electron chi connectivity index (χ3n) is 2.12. The first-order valence-corrected chi connectivity index (χ1v) is 4.52. The van der Waals surface area contributed by atoms with Crippen LogP contribution in [0.15, 0.2) is 36.5 Å². The molecule has 2 aromatic rings. The maximum absolute atomic E-state index is 10.8. The molecule has 0 saturated heterocycles. The van der Waals surface area contributed by atoms with Crippen molar-refractivity contribution in [3.8, 4) is 0 Å². The zero-order valence-corrected chi connectivity index (χ0v) is 7.95. The quantitative estimate of drug-likeness (QED) is 0.717. The number of H-pyrrole nitrogens is 1. The zero-order valence-electron chi connectivity index (χ0n) is 7.95. The molecule has 0 aliphatic heterocycles. The van der Waals surface area contributed by atoms with E-state index in [2.05, 4.69) is 4.98 Å². The Morgan fingerprint density at radius 3 is 3.00 bits per heavy atom. The Bertz CT molecular complexity index is 494. The number of allylic oxidation sites excluding steroid dienone is 1. The molecule has 0 fully saturated rings. The maximum atomic E-state index is 10.8. The van der Waals surface area contributed by atoms with Gasteiger partial charge in [-0.3, -0.25) is 4.79 Å². The lowest BCUT2D eigenvalue weighted by molar-refractivity contribution is -0.112. The van der Waals surface area contributed by atoms with E-state index in [4.69, 9.17) is 0 Å². The van der Waals surface area contributed by atoms with Crippen molar-refractivity contribution in [2.45, 2.75) is 6.92 Å². The molecule has 1 aromatic heterocycles. The SMILES string of the molecule is CC(=O)/C=C/c1cccc2cc[nH]c12. The first-order valence-electron chi connectivity index (χ1n) is 4.52. The molecule has 0 aliphatic carbocycles. The van der Waals surface area contributed by atoms with Crippen LogP contribution in [-0.4, -0.2) is 10.8 Å². The summed E-state index contributed by atoms with van der Waals surface area (Å²) < 4.78 is 0. The van der Waals surface area contributed by atoms with Gasteiger partial charge in [0, 0.05) is 6.20 Å². The van der Waals surface area contributed by atoms with Crippen molar-refractivity contribution in [3.63, 3.8) is 0 Å². The number of para-hydroxylation sites is 1. The molecule has 2 nitrogen and oxygen atoms in total. The third kappa shape index (κ3) is 1.59. The topological polar surface area (TPSA) is 32.9 Å². The highest BCUT2D eigenvalue weighted by Crippen LogP contribution is 2.17. The van der Waals surface area contributed by atoms with Gasteiger partial charge in [-0.25, -0.2) is 0 Å². The van der Waals surface area contributed by atoms with Gasteiger partial charge in [-0.15, -0.1) is 0 Å². The summed E-state index contributed by atoms with van der Waals surface area (Å²) in [6.45, 7) is 1.55. The van der Waals surface area contributed by atoms with Gasteiger partial charge in [0.1, 0.15) is 0 Å². The molecule has 0 spiro atoms. The van der Waals surface area contributed by atoms with Crippen molar-refractivity contribution in [3.05, 3.63) is 42.1 Å². The molecule has 0 radical (unpaired) electrons. The predicted molar refractivity (Wildman–Crippen MR) is 58.0 cm³/mol. The van der Waals surface area contributed by atoms with Gasteiger partial charge in [0.15, 0.2) is 5.78 Å². The Morgan fingerprint density at radius 2 is 2.21 bits per heavy atom. The van der Waals surface area contributed by atoms with Gasteiger partial charge >= 0.3 is 0 Å². The van der Waals surface area contributed by atoms with E-state index in [0.29, 0.717) is 0 Å². The number of rotatable bonds is 2. The Morgan fingerprint density at radius 1 is 1.36 bits per heavy atom. The van der Waals surface area contributed by atoms with Gasteiger partial charge in [0.2, 0.25) is 0 Å². The minimum Gasteiger partial charge on any atom is -0.361 e. The van der Waals surface area contributed by atoms with Gasteiger partial charge in [0.25, 0.3) is 0 Å². The number of aromatic nitrogens is 1. The highest BCUT2D eigenvalue weighted by atomic mass is 16.1. The van der Waals surface area contributed by atoms with Crippen LogP contribution in [-0.2, 0) is 4.79 Å². The van der Waals surface area contributed by atoms with Crippen LogP contribution in [0.1, 0.15) is 12.5 Å². The van der Waals surface area contributed by atoms with E-state index in [0.717, 1.165) is 16.5 Å². The number of fused-ring (bicyclic) bond motifs is 1. The average molecular weight is 185 g/mol. The van der Waals surface area contributed by atoms with Gasteiger partial charge in [-0.2, -0.15) is 0 Å². The van der Waals surface area contributed by atoms with Crippen molar-refractivity contribution in [1.82, 2.24) is 4.98 Å². The molecule has 0 unspecified atom stereocenters. The zero-order chi connectivity index (χ0) is 9.97. The molecular formula is C12H11NO. The number of carbonyl (C=O) groups is 1. The molecule has 1 aromatic carbocycles. The van der Waals surface area contributed by atoms with E-state index in [-0.39, 0.29) is 5.78 Å². The van der Waals surface area contributed by atoms with Crippen molar-refractivity contribution < 1.29 is 4.79 Å². The molecule has 1 N–H and O–H groups in total. The normalized spacial score (nSPS) is 11.2. The van der Waals surface area contributed by atoms with Crippen LogP contribution in [0.3, 0.4) is 0 Å². The highest BCUT2D eigenvalue weighted by Gasteiger charge is 1.97. The number of ketones is 1. The average Bonchev–Trinajstić information content (AvgIpc) is 2.62. The summed E-state index contributed by atoms with van der Waals surface area (Å²) in [5.41, 5.74) is 2.12. The molecule has 0 amide bonds. The molecule has 2 heteroatoms. The van der Waals surface area contributed by atoms with Crippen molar-refractivity contribution in [2.75, 3.05) is 0 Å². The van der Waals surface area contributed by atoms with Gasteiger partial charge in [0.05, 0.1) is 5.52 Å². The molecule has 2 rings (SSSR count). The smallest absolute Gasteiger partial charge is 0.152 e. The second-order valence-corrected chi connectivity index (χ2v) is 3.23. The second kappa shape index (κ2) is 3.50. The van der Waals surface area contributed by atoms with Crippen molar-refractivity contribution >= 4 is 22.8 Å². The minimum absolute atomic E-state index is 0.0635. The molecule has 0 saturated carbocycles. The lowest BCUT2D eigenvalue weighted by atomic mass is 10.1. The summed E-state index contributed by atoms with van der Waals surface area (Å²) in [6.07, 6.45) is 5.31. The van der Waals surface area contributed by atoms with E-state index in [1.807, 2.05) is 36.5 Å². The number of aromatic amines is 1. The standard InChI is InChI=1S/C12H11NO/c1-9(14)5-6-10-3-2-4-11-7-8-13-12(10)11/h2-8,13H,1H3/b6-5+. The maximum Gasteiger partial charge on any atom is 0.152 e. The van der Waals surface area contributed by atoms with E-state index in [1.54, 1.807) is 13.0 Å². The van der Waals surface area contributed by atoms with Gasteiger partial charge in [-0.1, -0.05) is 18.2 Å². The summed E-state index contributed by atoms with van der Waals surface area (Å²) in [7, 11) is 0. The summed E-state index contributed by atoms with van der Waals surface area (Å²) in [5.74, 6) is 0.0635. The fourth-order valence-electron chi connectivity index (χ4n) is 1.46. The number of nitrogens with one attached hydrogen (secondary N) is 1. The number of hydrogen-bond donors (Lipinski definition) is 1. The molecule has 0 atom stereocenters. The summed E-state index contributed by atoms with van der Waals surface area (Å²) in [6, 6.07) is 8.02. The van der Waals surface area contributed by atoms with Crippen LogP contribution in [0.5, 0.6) is 0 Å². The molecule has 0 bridgehead atoms. The van der Waals surface area contributed by atoms with Crippen molar-refractivity contribution in [2.24, 2.45) is 0 Å². The largest absolute Gasteiger partial charge is 0.361 e. The van der Waals surface area contributed by atoms with Crippen LogP contribution < -0.4 is 0 Å². The molecular weight excluding hydrogens is 174 g/mol. The van der Waals surface area contributed by atoms with Crippen LogP contribution in [0.2, 0.25) is 0 Å². The predicted octanol–water partition coefficient (Wildman–Crippen LogP) is 2.77. The van der Waals surface area contributed by atoms with E-state index in [9.17, 15) is 4.79 Å². The van der Waals surface area contributed by atoms with Crippen LogP contribution in [0.4, 0.5) is 0 Å². The summed E-state index contributed by atoms with van der Waals surface area (Å²) in [5, 5.41) is 1.16. The molecule has 1 heterocycles. The number of carbonyl (C=O) groups excluding carboxylic acids is 1. The van der Waals surface area contributed by atoms with E-state index >= 15 is 0 Å². The fourth-order valence-corrected chi connectivity index (χ4v) is 1.46. The Balaban J connectivity index is 2.51. The molecule has 70 valence electrons. The Kier molecular flexibility index (Phi) is 2.19. The monoisotopic (exact) mass is 185 g/mol. The van der Waals surface area contributed by atoms with Crippen LogP contribution in [0, 0.1) is 0 Å². The van der Waals surface area contributed by atoms with Crippen LogP contribution in [0.25, 0.3) is 17.0 Å². The van der Waals surface area contributed by atoms with Gasteiger partial charge in [-0.05, 0) is 36.1 Å². The fraction of sp³-hybridized carbons (Fsp3) is 0.0833. The van der Waals surface area contributed by atoms with E-state index in [1.165, 1.54) is 0 Å². The highest BCUT2D eigenvalue weighted by molar-refractivity contribution is 5.95. The first kappa shape index (κ1) is 8.75. The second-order valence-electron chi connectivity index (χ2n) is 3.23. The lowest BCUT2D eigenvalue weighted by Crippen LogP contribution is -1.81. The molecule has 0 aliphatic rings. The van der Waals surface area contributed by atoms with Crippen molar-refractivity contribution in [1.29, 1.82) is 0 Å². The van der Waals surface area contributed by atoms with E-state index < -0.39 is 0 Å².